The molecule has 0 radical (unpaired) electrons. The van der Waals surface area contributed by atoms with Gasteiger partial charge < -0.3 is 41.4 Å². The van der Waals surface area contributed by atoms with Gasteiger partial charge >= 0.3 is 11.9 Å². The quantitative estimate of drug-likeness (QED) is 0.277. The number of aromatic amines is 1. The summed E-state index contributed by atoms with van der Waals surface area (Å²) in [5.74, 6) is -2.50. The van der Waals surface area contributed by atoms with E-state index in [1.54, 1.807) is 6.20 Å². The first-order valence-corrected chi connectivity index (χ1v) is 7.02. The van der Waals surface area contributed by atoms with Gasteiger partial charge in [-0.3, -0.25) is 4.79 Å². The van der Waals surface area contributed by atoms with Crippen LogP contribution in [0.2, 0.25) is 0 Å². The Labute approximate surface area is 136 Å². The first kappa shape index (κ1) is 20.0. The lowest BCUT2D eigenvalue weighted by molar-refractivity contribution is -0.187. The van der Waals surface area contributed by atoms with Crippen molar-refractivity contribution in [3.8, 4) is 0 Å². The van der Waals surface area contributed by atoms with E-state index in [1.165, 1.54) is 6.33 Å². The Morgan fingerprint density at radius 3 is 2.21 bits per heavy atom. The van der Waals surface area contributed by atoms with Crippen LogP contribution in [0, 0.1) is 0 Å². The Morgan fingerprint density at radius 1 is 1.29 bits per heavy atom. The average Bonchev–Trinajstić information content (AvgIpc) is 2.98. The maximum Gasteiger partial charge on any atom is 0.335 e. The third kappa shape index (κ3) is 5.25. The van der Waals surface area contributed by atoms with Crippen LogP contribution < -0.4 is 5.73 Å². The van der Waals surface area contributed by atoms with Crippen molar-refractivity contribution in [2.45, 2.75) is 49.2 Å². The molecule has 0 spiro atoms. The molecule has 0 aromatic carbocycles. The maximum absolute atomic E-state index is 10.5. The van der Waals surface area contributed by atoms with Crippen LogP contribution in [0.3, 0.4) is 0 Å². The minimum Gasteiger partial charge on any atom is -0.480 e. The van der Waals surface area contributed by atoms with Gasteiger partial charge in [-0.15, -0.1) is 0 Å². The van der Waals surface area contributed by atoms with Crippen molar-refractivity contribution in [1.82, 2.24) is 9.97 Å². The van der Waals surface area contributed by atoms with E-state index in [-0.39, 0.29) is 6.42 Å². The average molecular weight is 347 g/mol. The highest BCUT2D eigenvalue weighted by Gasteiger charge is 2.48. The van der Waals surface area contributed by atoms with Gasteiger partial charge in [-0.1, -0.05) is 0 Å². The van der Waals surface area contributed by atoms with Crippen molar-refractivity contribution in [1.29, 1.82) is 0 Å². The third-order valence-electron chi connectivity index (χ3n) is 3.59. The summed E-state index contributed by atoms with van der Waals surface area (Å²) in [5.41, 5.74) is 3.86. The number of aliphatic carboxylic acids is 2. The largest absolute Gasteiger partial charge is 0.480 e. The summed E-state index contributed by atoms with van der Waals surface area (Å²) < 4.78 is 0. The van der Waals surface area contributed by atoms with E-state index in [4.69, 9.17) is 31.3 Å². The molecule has 1 aliphatic carbocycles. The van der Waals surface area contributed by atoms with Gasteiger partial charge in [-0.25, -0.2) is 9.78 Å². The SMILES string of the molecule is N[C@@H](Cc1cnc[nH]1)C(=O)O.O=C(O)C1(O)CC(O)C(O)[C@H](O)C1. The number of carbonyl (C=O) groups is 2. The van der Waals surface area contributed by atoms with Gasteiger partial charge in [0.05, 0.1) is 18.5 Å². The molecule has 9 N–H and O–H groups in total. The molecular formula is C13H21N3O8. The first-order chi connectivity index (χ1) is 11.1. The number of aliphatic hydroxyl groups is 4. The molecule has 0 aliphatic heterocycles. The minimum absolute atomic E-state index is 0.287. The summed E-state index contributed by atoms with van der Waals surface area (Å²) in [6.45, 7) is 0. The van der Waals surface area contributed by atoms with Gasteiger partial charge in [0, 0.05) is 31.2 Å². The van der Waals surface area contributed by atoms with Crippen LogP contribution in [-0.2, 0) is 16.0 Å². The molecule has 11 heteroatoms. The summed E-state index contributed by atoms with van der Waals surface area (Å²) in [6, 6.07) is -0.851. The summed E-state index contributed by atoms with van der Waals surface area (Å²) in [6.07, 6.45) is -1.82. The zero-order chi connectivity index (χ0) is 18.5. The van der Waals surface area contributed by atoms with E-state index in [9.17, 15) is 14.7 Å². The van der Waals surface area contributed by atoms with Crippen LogP contribution in [0.4, 0.5) is 0 Å². The molecule has 2 rings (SSSR count). The van der Waals surface area contributed by atoms with Crippen molar-refractivity contribution < 1.29 is 40.2 Å². The van der Waals surface area contributed by atoms with Crippen LogP contribution in [0.1, 0.15) is 18.5 Å². The number of nitrogens with zero attached hydrogens (tertiary/aromatic N) is 1. The monoisotopic (exact) mass is 347 g/mol. The molecule has 1 aromatic rings. The number of nitrogens with two attached hydrogens (primary N) is 1. The standard InChI is InChI=1S/C7H12O6.C6H9N3O2/c8-3-1-7(13,6(11)12)2-4(9)5(3)10;7-5(6(10)11)1-4-2-8-3-9-4/h3-5,8-10,13H,1-2H2,(H,11,12);2-3,5H,1,7H2,(H,8,9)(H,10,11)/t3-,4?,5?,7?;5-/m10/s1. The molecule has 3 unspecified atom stereocenters. The topological polar surface area (TPSA) is 210 Å². The van der Waals surface area contributed by atoms with Gasteiger partial charge in [0.1, 0.15) is 12.1 Å². The number of rotatable bonds is 4. The predicted molar refractivity (Wildman–Crippen MR) is 77.7 cm³/mol. The predicted octanol–water partition coefficient (Wildman–Crippen LogP) is -2.96. The summed E-state index contributed by atoms with van der Waals surface area (Å²) >= 11 is 0. The summed E-state index contributed by atoms with van der Waals surface area (Å²) in [7, 11) is 0. The van der Waals surface area contributed by atoms with E-state index in [0.717, 1.165) is 5.69 Å². The number of H-pyrrole nitrogens is 1. The molecule has 1 saturated carbocycles. The van der Waals surface area contributed by atoms with Crippen LogP contribution in [0.25, 0.3) is 0 Å². The number of imidazole rings is 1. The van der Waals surface area contributed by atoms with Gasteiger partial charge in [-0.2, -0.15) is 0 Å². The molecule has 24 heavy (non-hydrogen) atoms. The molecule has 11 nitrogen and oxygen atoms in total. The van der Waals surface area contributed by atoms with Crippen molar-refractivity contribution in [2.75, 3.05) is 0 Å². The van der Waals surface area contributed by atoms with E-state index >= 15 is 0 Å². The molecule has 1 heterocycles. The van der Waals surface area contributed by atoms with Crippen molar-refractivity contribution >= 4 is 11.9 Å². The Balaban J connectivity index is 0.000000243. The number of carboxylic acids is 2. The fourth-order valence-corrected chi connectivity index (χ4v) is 2.17. The van der Waals surface area contributed by atoms with Gasteiger partial charge in [-0.05, 0) is 0 Å². The van der Waals surface area contributed by atoms with Gasteiger partial charge in [0.25, 0.3) is 0 Å². The van der Waals surface area contributed by atoms with E-state index in [2.05, 4.69) is 9.97 Å². The lowest BCUT2D eigenvalue weighted by Gasteiger charge is -2.37. The second kappa shape index (κ2) is 8.17. The number of hydrogen-bond donors (Lipinski definition) is 8. The van der Waals surface area contributed by atoms with Crippen LogP contribution in [0.5, 0.6) is 0 Å². The molecule has 5 atom stereocenters. The Hall–Kier alpha value is -2.05. The molecule has 0 bridgehead atoms. The van der Waals surface area contributed by atoms with Crippen LogP contribution in [-0.4, -0.2) is 82.5 Å². The lowest BCUT2D eigenvalue weighted by Crippen LogP contribution is -2.56. The second-order valence-electron chi connectivity index (χ2n) is 5.60. The molecule has 1 aromatic heterocycles. The molecule has 136 valence electrons. The lowest BCUT2D eigenvalue weighted by atomic mass is 9.80. The fourth-order valence-electron chi connectivity index (χ4n) is 2.17. The molecular weight excluding hydrogens is 326 g/mol. The van der Waals surface area contributed by atoms with E-state index in [1.807, 2.05) is 0 Å². The number of aromatic nitrogens is 2. The highest BCUT2D eigenvalue weighted by atomic mass is 16.4. The number of nitrogens with one attached hydrogen (secondary N) is 1. The van der Waals surface area contributed by atoms with E-state index < -0.39 is 54.7 Å². The number of aliphatic hydroxyl groups excluding tert-OH is 3. The fraction of sp³-hybridized carbons (Fsp3) is 0.615. The Kier molecular flexibility index (Phi) is 6.81. The maximum atomic E-state index is 10.5. The first-order valence-electron chi connectivity index (χ1n) is 7.02. The van der Waals surface area contributed by atoms with Gasteiger partial charge in [0.2, 0.25) is 0 Å². The van der Waals surface area contributed by atoms with E-state index in [0.29, 0.717) is 0 Å². The van der Waals surface area contributed by atoms with Crippen molar-refractivity contribution in [2.24, 2.45) is 5.73 Å². The summed E-state index contributed by atoms with van der Waals surface area (Å²) in [5, 5.41) is 53.6. The number of hydrogen-bond acceptors (Lipinski definition) is 8. The Bertz CT molecular complexity index is 537. The number of carboxylic acid groups (broad SMARTS) is 2. The smallest absolute Gasteiger partial charge is 0.335 e. The second-order valence-corrected chi connectivity index (χ2v) is 5.60. The van der Waals surface area contributed by atoms with Crippen LogP contribution in [0.15, 0.2) is 12.5 Å². The molecule has 1 aliphatic rings. The minimum atomic E-state index is -2.14. The Morgan fingerprint density at radius 2 is 1.83 bits per heavy atom. The molecule has 1 fully saturated rings. The van der Waals surface area contributed by atoms with Crippen molar-refractivity contribution in [3.63, 3.8) is 0 Å². The van der Waals surface area contributed by atoms with Crippen molar-refractivity contribution in [3.05, 3.63) is 18.2 Å². The summed E-state index contributed by atoms with van der Waals surface area (Å²) in [4.78, 5) is 27.3. The normalized spacial score (nSPS) is 30.8. The van der Waals surface area contributed by atoms with Crippen LogP contribution >= 0.6 is 0 Å². The molecule has 0 saturated heterocycles. The zero-order valence-corrected chi connectivity index (χ0v) is 12.6. The highest BCUT2D eigenvalue weighted by Crippen LogP contribution is 2.29. The zero-order valence-electron chi connectivity index (χ0n) is 12.6. The third-order valence-corrected chi connectivity index (χ3v) is 3.59. The molecule has 0 amide bonds. The highest BCUT2D eigenvalue weighted by molar-refractivity contribution is 5.77. The van der Waals surface area contributed by atoms with Gasteiger partial charge in [0.15, 0.2) is 5.60 Å².